The molecule has 0 radical (unpaired) electrons. The topological polar surface area (TPSA) is 54.4 Å². The van der Waals surface area contributed by atoms with Crippen molar-refractivity contribution in [3.05, 3.63) is 33.3 Å². The maximum absolute atomic E-state index is 11.3. The summed E-state index contributed by atoms with van der Waals surface area (Å²) in [6.45, 7) is 1.63. The molecule has 3 nitrogen and oxygen atoms in total. The third-order valence-electron chi connectivity index (χ3n) is 2.69. The third-order valence-corrected chi connectivity index (χ3v) is 5.41. The summed E-state index contributed by atoms with van der Waals surface area (Å²) in [5.41, 5.74) is 0.730. The van der Waals surface area contributed by atoms with E-state index >= 15 is 0 Å². The summed E-state index contributed by atoms with van der Waals surface area (Å²) in [5, 5.41) is 10.6. The van der Waals surface area contributed by atoms with Crippen molar-refractivity contribution in [2.24, 2.45) is 0 Å². The summed E-state index contributed by atoms with van der Waals surface area (Å²) in [4.78, 5) is 0. The van der Waals surface area contributed by atoms with Gasteiger partial charge in [-0.05, 0) is 30.5 Å². The molecule has 0 aliphatic heterocycles. The van der Waals surface area contributed by atoms with Crippen LogP contribution in [0.3, 0.4) is 0 Å². The lowest BCUT2D eigenvalue weighted by Crippen LogP contribution is -2.10. The van der Waals surface area contributed by atoms with Gasteiger partial charge in [0.2, 0.25) is 0 Å². The van der Waals surface area contributed by atoms with Crippen molar-refractivity contribution in [2.75, 3.05) is 11.5 Å². The van der Waals surface area contributed by atoms with Gasteiger partial charge in [-0.3, -0.25) is 0 Å². The van der Waals surface area contributed by atoms with Crippen molar-refractivity contribution in [3.63, 3.8) is 0 Å². The Morgan fingerprint density at radius 2 is 2.11 bits per heavy atom. The lowest BCUT2D eigenvalue weighted by atomic mass is 10.1. The van der Waals surface area contributed by atoms with Crippen LogP contribution in [0.2, 0.25) is 5.02 Å². The Morgan fingerprint density at radius 3 is 2.67 bits per heavy atom. The molecule has 0 heterocycles. The molecule has 0 fully saturated rings. The Morgan fingerprint density at radius 1 is 1.44 bits per heavy atom. The highest BCUT2D eigenvalue weighted by Gasteiger charge is 2.14. The van der Waals surface area contributed by atoms with Gasteiger partial charge in [0, 0.05) is 15.2 Å². The molecule has 1 atom stereocenters. The van der Waals surface area contributed by atoms with Crippen LogP contribution in [-0.2, 0) is 9.84 Å². The average Bonchev–Trinajstić information content (AvgIpc) is 2.28. The van der Waals surface area contributed by atoms with Gasteiger partial charge >= 0.3 is 0 Å². The molecule has 0 aliphatic rings. The Kier molecular flexibility index (Phi) is 6.11. The van der Waals surface area contributed by atoms with E-state index in [0.717, 1.165) is 10.0 Å². The number of sulfone groups is 1. The molecule has 0 saturated carbocycles. The predicted octanol–water partition coefficient (Wildman–Crippen LogP) is 3.35. The first-order valence-corrected chi connectivity index (χ1v) is 8.68. The fourth-order valence-corrected chi connectivity index (χ4v) is 3.41. The molecule has 6 heteroatoms. The van der Waals surface area contributed by atoms with E-state index in [4.69, 9.17) is 11.6 Å². The van der Waals surface area contributed by atoms with Crippen molar-refractivity contribution < 1.29 is 13.5 Å². The van der Waals surface area contributed by atoms with Gasteiger partial charge in [0.1, 0.15) is 9.84 Å². The quantitative estimate of drug-likeness (QED) is 0.851. The minimum atomic E-state index is -2.96. The van der Waals surface area contributed by atoms with Gasteiger partial charge in [0.25, 0.3) is 0 Å². The summed E-state index contributed by atoms with van der Waals surface area (Å²) in [6.07, 6.45) is 0.190. The first kappa shape index (κ1) is 16.0. The maximum Gasteiger partial charge on any atom is 0.150 e. The van der Waals surface area contributed by atoms with Crippen LogP contribution in [-0.4, -0.2) is 25.0 Å². The second kappa shape index (κ2) is 6.89. The zero-order valence-electron chi connectivity index (χ0n) is 10.1. The van der Waals surface area contributed by atoms with Crippen LogP contribution in [0.4, 0.5) is 0 Å². The molecule has 1 N–H and O–H groups in total. The maximum atomic E-state index is 11.3. The van der Waals surface area contributed by atoms with Crippen molar-refractivity contribution in [3.8, 4) is 0 Å². The molecule has 0 amide bonds. The molecule has 1 rings (SSSR count). The number of halogens is 2. The van der Waals surface area contributed by atoms with E-state index in [1.165, 1.54) is 0 Å². The highest BCUT2D eigenvalue weighted by atomic mass is 79.9. The van der Waals surface area contributed by atoms with Crippen LogP contribution in [0.25, 0.3) is 0 Å². The molecule has 0 aliphatic carbocycles. The molecular weight excluding hydrogens is 340 g/mol. The molecule has 0 spiro atoms. The van der Waals surface area contributed by atoms with Gasteiger partial charge in [-0.15, -0.1) is 0 Å². The molecule has 18 heavy (non-hydrogen) atoms. The first-order valence-electron chi connectivity index (χ1n) is 5.69. The summed E-state index contributed by atoms with van der Waals surface area (Å²) < 4.78 is 23.4. The van der Waals surface area contributed by atoms with E-state index < -0.39 is 15.9 Å². The number of hydrogen-bond acceptors (Lipinski definition) is 3. The van der Waals surface area contributed by atoms with Crippen molar-refractivity contribution >= 4 is 37.4 Å². The smallest absolute Gasteiger partial charge is 0.150 e. The van der Waals surface area contributed by atoms with Crippen molar-refractivity contribution in [2.45, 2.75) is 25.9 Å². The zero-order chi connectivity index (χ0) is 13.8. The van der Waals surface area contributed by atoms with E-state index in [1.807, 2.05) is 0 Å². The monoisotopic (exact) mass is 354 g/mol. The van der Waals surface area contributed by atoms with Gasteiger partial charge in [0.15, 0.2) is 0 Å². The molecule has 0 bridgehead atoms. The van der Waals surface area contributed by atoms with Crippen LogP contribution >= 0.6 is 27.5 Å². The van der Waals surface area contributed by atoms with Crippen LogP contribution < -0.4 is 0 Å². The number of hydrogen-bond donors (Lipinski definition) is 1. The largest absolute Gasteiger partial charge is 0.388 e. The Hall–Kier alpha value is -0.100. The van der Waals surface area contributed by atoms with Gasteiger partial charge in [0.05, 0.1) is 11.9 Å². The van der Waals surface area contributed by atoms with Crippen molar-refractivity contribution in [1.82, 2.24) is 0 Å². The molecule has 0 saturated heterocycles. The summed E-state index contributed by atoms with van der Waals surface area (Å²) in [5.74, 6) is 0.263. The van der Waals surface area contributed by atoms with Crippen LogP contribution in [0, 0.1) is 0 Å². The Balaban J connectivity index is 2.58. The SMILES string of the molecule is CCS(=O)(=O)CCCC(O)c1ccc(Cl)cc1Br. The minimum Gasteiger partial charge on any atom is -0.388 e. The molecule has 1 aromatic rings. The molecular formula is C12H16BrClO3S. The standard InChI is InChI=1S/C12H16BrClO3S/c1-2-18(16,17)7-3-4-12(15)10-6-5-9(14)8-11(10)13/h5-6,8,12,15H,2-4,7H2,1H3. The fourth-order valence-electron chi connectivity index (χ4n) is 1.57. The van der Waals surface area contributed by atoms with Gasteiger partial charge in [-0.1, -0.05) is 40.5 Å². The van der Waals surface area contributed by atoms with Gasteiger partial charge in [-0.2, -0.15) is 0 Å². The molecule has 1 unspecified atom stereocenters. The zero-order valence-corrected chi connectivity index (χ0v) is 13.2. The molecule has 0 aromatic heterocycles. The van der Waals surface area contributed by atoms with Crippen molar-refractivity contribution in [1.29, 1.82) is 0 Å². The van der Waals surface area contributed by atoms with E-state index in [-0.39, 0.29) is 11.5 Å². The number of aliphatic hydroxyl groups excluding tert-OH is 1. The Labute approximate surface area is 121 Å². The fraction of sp³-hybridized carbons (Fsp3) is 0.500. The van der Waals surface area contributed by atoms with Crippen LogP contribution in [0.15, 0.2) is 22.7 Å². The second-order valence-electron chi connectivity index (χ2n) is 4.06. The van der Waals surface area contributed by atoms with E-state index in [9.17, 15) is 13.5 Å². The summed E-state index contributed by atoms with van der Waals surface area (Å²) >= 11 is 9.14. The van der Waals surface area contributed by atoms with Gasteiger partial charge < -0.3 is 5.11 Å². The van der Waals surface area contributed by atoms with Gasteiger partial charge in [-0.25, -0.2) is 8.42 Å². The van der Waals surface area contributed by atoms with E-state index in [0.29, 0.717) is 17.9 Å². The van der Waals surface area contributed by atoms with Crippen LogP contribution in [0.1, 0.15) is 31.4 Å². The number of benzene rings is 1. The summed E-state index contributed by atoms with van der Waals surface area (Å²) in [7, 11) is -2.96. The average molecular weight is 356 g/mol. The minimum absolute atomic E-state index is 0.117. The molecule has 1 aromatic carbocycles. The predicted molar refractivity (Wildman–Crippen MR) is 77.7 cm³/mol. The van der Waals surface area contributed by atoms with E-state index in [2.05, 4.69) is 15.9 Å². The van der Waals surface area contributed by atoms with E-state index in [1.54, 1.807) is 25.1 Å². The lowest BCUT2D eigenvalue weighted by molar-refractivity contribution is 0.166. The first-order chi connectivity index (χ1) is 8.35. The third kappa shape index (κ3) is 4.88. The second-order valence-corrected chi connectivity index (χ2v) is 7.82. The number of aliphatic hydroxyl groups is 1. The lowest BCUT2D eigenvalue weighted by Gasteiger charge is -2.13. The summed E-state index contributed by atoms with van der Waals surface area (Å²) in [6, 6.07) is 5.15. The number of rotatable bonds is 6. The Bertz CT molecular complexity index is 502. The van der Waals surface area contributed by atoms with Crippen LogP contribution in [0.5, 0.6) is 0 Å². The molecule has 102 valence electrons. The highest BCUT2D eigenvalue weighted by molar-refractivity contribution is 9.10. The highest BCUT2D eigenvalue weighted by Crippen LogP contribution is 2.29. The normalized spacial score (nSPS) is 13.6.